The molecule has 1 aliphatic heterocycles. The zero-order valence-corrected chi connectivity index (χ0v) is 16.0. The number of benzene rings is 2. The van der Waals surface area contributed by atoms with Crippen LogP contribution in [-0.2, 0) is 17.8 Å². The molecule has 1 aliphatic rings. The Hall–Kier alpha value is -2.75. The zero-order chi connectivity index (χ0) is 18.8. The minimum Gasteiger partial charge on any atom is -0.483 e. The SMILES string of the molecule is CC[C@H](C)c1ccccc1OCC(=O)N1CCc2[nH]c3ccccc3c2C1. The Balaban J connectivity index is 1.46. The van der Waals surface area contributed by atoms with Crippen LogP contribution in [0.1, 0.15) is 43.0 Å². The van der Waals surface area contributed by atoms with Crippen molar-refractivity contribution in [3.05, 3.63) is 65.4 Å². The highest BCUT2D eigenvalue weighted by molar-refractivity contribution is 5.86. The lowest BCUT2D eigenvalue weighted by molar-refractivity contribution is -0.134. The molecule has 0 saturated heterocycles. The number of nitrogens with zero attached hydrogens (tertiary/aromatic N) is 1. The molecule has 140 valence electrons. The number of hydrogen-bond donors (Lipinski definition) is 1. The van der Waals surface area contributed by atoms with Gasteiger partial charge in [0.05, 0.1) is 0 Å². The molecule has 0 unspecified atom stereocenters. The minimum absolute atomic E-state index is 0.0462. The predicted molar refractivity (Wildman–Crippen MR) is 108 cm³/mol. The Morgan fingerprint density at radius 3 is 2.81 bits per heavy atom. The van der Waals surface area contributed by atoms with Gasteiger partial charge in [-0.25, -0.2) is 0 Å². The van der Waals surface area contributed by atoms with Gasteiger partial charge in [0.1, 0.15) is 5.75 Å². The maximum absolute atomic E-state index is 12.8. The van der Waals surface area contributed by atoms with Gasteiger partial charge in [-0.1, -0.05) is 50.2 Å². The number of para-hydroxylation sites is 2. The molecule has 1 N–H and O–H groups in total. The number of ether oxygens (including phenoxy) is 1. The van der Waals surface area contributed by atoms with E-state index >= 15 is 0 Å². The fourth-order valence-corrected chi connectivity index (χ4v) is 3.85. The van der Waals surface area contributed by atoms with Gasteiger partial charge in [-0.3, -0.25) is 4.79 Å². The van der Waals surface area contributed by atoms with Crippen LogP contribution in [0.5, 0.6) is 5.75 Å². The predicted octanol–water partition coefficient (Wildman–Crippen LogP) is 4.65. The summed E-state index contributed by atoms with van der Waals surface area (Å²) in [5.74, 6) is 1.29. The first kappa shape index (κ1) is 17.7. The molecule has 0 spiro atoms. The smallest absolute Gasteiger partial charge is 0.260 e. The van der Waals surface area contributed by atoms with E-state index in [1.807, 2.05) is 35.2 Å². The summed E-state index contributed by atoms with van der Waals surface area (Å²) in [6, 6.07) is 16.3. The lowest BCUT2D eigenvalue weighted by atomic mass is 9.98. The summed E-state index contributed by atoms with van der Waals surface area (Å²) in [7, 11) is 0. The summed E-state index contributed by atoms with van der Waals surface area (Å²) in [5.41, 5.74) is 4.81. The van der Waals surface area contributed by atoms with Gasteiger partial charge in [0, 0.05) is 41.7 Å². The number of carbonyl (C=O) groups excluding carboxylic acids is 1. The lowest BCUT2D eigenvalue weighted by Crippen LogP contribution is -2.38. The molecule has 0 radical (unpaired) electrons. The first-order valence-corrected chi connectivity index (χ1v) is 9.75. The van der Waals surface area contributed by atoms with Crippen molar-refractivity contribution < 1.29 is 9.53 Å². The molecule has 27 heavy (non-hydrogen) atoms. The van der Waals surface area contributed by atoms with Crippen LogP contribution in [0.2, 0.25) is 0 Å². The van der Waals surface area contributed by atoms with Crippen LogP contribution in [0.25, 0.3) is 10.9 Å². The third kappa shape index (κ3) is 3.44. The van der Waals surface area contributed by atoms with Crippen LogP contribution in [0.4, 0.5) is 0 Å². The van der Waals surface area contributed by atoms with Gasteiger partial charge in [0.2, 0.25) is 0 Å². The molecule has 1 atom stereocenters. The summed E-state index contributed by atoms with van der Waals surface area (Å²) >= 11 is 0. The number of amides is 1. The van der Waals surface area contributed by atoms with Gasteiger partial charge < -0.3 is 14.6 Å². The van der Waals surface area contributed by atoms with Crippen molar-refractivity contribution in [3.63, 3.8) is 0 Å². The maximum Gasteiger partial charge on any atom is 0.260 e. The van der Waals surface area contributed by atoms with Gasteiger partial charge in [0.15, 0.2) is 6.61 Å². The van der Waals surface area contributed by atoms with Crippen molar-refractivity contribution in [1.82, 2.24) is 9.88 Å². The van der Waals surface area contributed by atoms with Gasteiger partial charge in [-0.15, -0.1) is 0 Å². The summed E-state index contributed by atoms with van der Waals surface area (Å²) in [5, 5.41) is 1.22. The van der Waals surface area contributed by atoms with Crippen LogP contribution >= 0.6 is 0 Å². The van der Waals surface area contributed by atoms with Gasteiger partial charge in [-0.05, 0) is 30.0 Å². The van der Waals surface area contributed by atoms with Crippen molar-refractivity contribution >= 4 is 16.8 Å². The average Bonchev–Trinajstić information content (AvgIpc) is 3.09. The second kappa shape index (κ2) is 7.47. The van der Waals surface area contributed by atoms with E-state index in [0.29, 0.717) is 12.5 Å². The number of fused-ring (bicyclic) bond motifs is 3. The Labute approximate surface area is 160 Å². The summed E-state index contributed by atoms with van der Waals surface area (Å²) in [6.07, 6.45) is 1.91. The Morgan fingerprint density at radius 1 is 1.19 bits per heavy atom. The quantitative estimate of drug-likeness (QED) is 0.718. The molecule has 4 nitrogen and oxygen atoms in total. The molecule has 0 fully saturated rings. The van der Waals surface area contributed by atoms with Crippen LogP contribution in [0.3, 0.4) is 0 Å². The first-order valence-electron chi connectivity index (χ1n) is 9.75. The van der Waals surface area contributed by atoms with Gasteiger partial charge in [0.25, 0.3) is 5.91 Å². The summed E-state index contributed by atoms with van der Waals surface area (Å²) in [4.78, 5) is 18.2. The van der Waals surface area contributed by atoms with Crippen molar-refractivity contribution in [2.75, 3.05) is 13.2 Å². The molecule has 1 amide bonds. The lowest BCUT2D eigenvalue weighted by Gasteiger charge is -2.27. The second-order valence-corrected chi connectivity index (χ2v) is 7.33. The molecular weight excluding hydrogens is 336 g/mol. The molecule has 1 aromatic heterocycles. The molecule has 2 heterocycles. The standard InChI is InChI=1S/C23H26N2O2/c1-3-16(2)17-8-5-7-11-22(17)27-15-23(26)25-13-12-21-19(14-25)18-9-4-6-10-20(18)24-21/h4-11,16,24H,3,12-15H2,1-2H3/t16-/m0/s1. The number of nitrogens with one attached hydrogen (secondary N) is 1. The third-order valence-corrected chi connectivity index (χ3v) is 5.65. The van der Waals surface area contributed by atoms with Crippen LogP contribution in [-0.4, -0.2) is 28.9 Å². The fraction of sp³-hybridized carbons (Fsp3) is 0.348. The number of rotatable bonds is 5. The molecular formula is C23H26N2O2. The van der Waals surface area contributed by atoms with E-state index in [-0.39, 0.29) is 12.5 Å². The zero-order valence-electron chi connectivity index (χ0n) is 16.0. The highest BCUT2D eigenvalue weighted by Crippen LogP contribution is 2.29. The van der Waals surface area contributed by atoms with E-state index in [2.05, 4.69) is 37.0 Å². The summed E-state index contributed by atoms with van der Waals surface area (Å²) in [6.45, 7) is 5.82. The second-order valence-electron chi connectivity index (χ2n) is 7.33. The Morgan fingerprint density at radius 2 is 1.96 bits per heavy atom. The van der Waals surface area contributed by atoms with Crippen molar-refractivity contribution in [2.24, 2.45) is 0 Å². The molecule has 0 saturated carbocycles. The Bertz CT molecular complexity index is 960. The average molecular weight is 362 g/mol. The summed E-state index contributed by atoms with van der Waals surface area (Å²) < 4.78 is 5.93. The van der Waals surface area contributed by atoms with E-state index in [0.717, 1.165) is 30.7 Å². The van der Waals surface area contributed by atoms with Crippen molar-refractivity contribution in [1.29, 1.82) is 0 Å². The van der Waals surface area contributed by atoms with Gasteiger partial charge in [-0.2, -0.15) is 0 Å². The van der Waals surface area contributed by atoms with Crippen molar-refractivity contribution in [2.45, 2.75) is 39.2 Å². The number of carbonyl (C=O) groups is 1. The normalized spacial score (nSPS) is 14.8. The highest BCUT2D eigenvalue weighted by Gasteiger charge is 2.24. The van der Waals surface area contributed by atoms with E-state index in [9.17, 15) is 4.79 Å². The number of aromatic nitrogens is 1. The van der Waals surface area contributed by atoms with E-state index in [1.54, 1.807) is 0 Å². The molecule has 4 heteroatoms. The van der Waals surface area contributed by atoms with Crippen LogP contribution in [0.15, 0.2) is 48.5 Å². The van der Waals surface area contributed by atoms with E-state index in [4.69, 9.17) is 4.74 Å². The number of aromatic amines is 1. The van der Waals surface area contributed by atoms with Crippen LogP contribution < -0.4 is 4.74 Å². The molecule has 3 aromatic rings. The van der Waals surface area contributed by atoms with E-state index < -0.39 is 0 Å². The number of hydrogen-bond acceptors (Lipinski definition) is 2. The first-order chi connectivity index (χ1) is 13.2. The molecule has 4 rings (SSSR count). The topological polar surface area (TPSA) is 45.3 Å². The van der Waals surface area contributed by atoms with Crippen molar-refractivity contribution in [3.8, 4) is 5.75 Å². The van der Waals surface area contributed by atoms with E-state index in [1.165, 1.54) is 22.2 Å². The third-order valence-electron chi connectivity index (χ3n) is 5.65. The fourth-order valence-electron chi connectivity index (χ4n) is 3.85. The van der Waals surface area contributed by atoms with Gasteiger partial charge >= 0.3 is 0 Å². The molecule has 2 aromatic carbocycles. The van der Waals surface area contributed by atoms with Crippen LogP contribution in [0, 0.1) is 0 Å². The maximum atomic E-state index is 12.8. The monoisotopic (exact) mass is 362 g/mol. The Kier molecular flexibility index (Phi) is 4.88. The minimum atomic E-state index is 0.0462. The highest BCUT2D eigenvalue weighted by atomic mass is 16.5. The number of H-pyrrole nitrogens is 1. The largest absolute Gasteiger partial charge is 0.483 e. The molecule has 0 bridgehead atoms. The molecule has 0 aliphatic carbocycles.